The van der Waals surface area contributed by atoms with Crippen LogP contribution in [-0.2, 0) is 0 Å². The van der Waals surface area contributed by atoms with Gasteiger partial charge in [-0.2, -0.15) is 0 Å². The van der Waals surface area contributed by atoms with E-state index in [0.717, 1.165) is 5.75 Å². The summed E-state index contributed by atoms with van der Waals surface area (Å²) < 4.78 is 6.39. The van der Waals surface area contributed by atoms with E-state index in [4.69, 9.17) is 4.74 Å². The Kier molecular flexibility index (Phi) is 4.17. The van der Waals surface area contributed by atoms with Gasteiger partial charge in [-0.3, -0.25) is 10.1 Å². The minimum Gasteiger partial charge on any atom is -0.486 e. The second kappa shape index (κ2) is 6.07. The molecule has 0 N–H and O–H groups in total. The lowest BCUT2D eigenvalue weighted by Crippen LogP contribution is -2.10. The molecule has 0 spiro atoms. The van der Waals surface area contributed by atoms with Crippen molar-refractivity contribution in [1.82, 2.24) is 0 Å². The van der Waals surface area contributed by atoms with Crippen molar-refractivity contribution >= 4 is 33.4 Å². The zero-order chi connectivity index (χ0) is 14.8. The van der Waals surface area contributed by atoms with Crippen molar-refractivity contribution in [2.24, 2.45) is 0 Å². The highest BCUT2D eigenvalue weighted by Crippen LogP contribution is 2.40. The maximum atomic E-state index is 11.1. The third kappa shape index (κ3) is 3.06. The molecular formula is C15H12BrNO3S. The molecule has 1 aliphatic rings. The molecular weight excluding hydrogens is 354 g/mol. The summed E-state index contributed by atoms with van der Waals surface area (Å²) in [6.07, 6.45) is 0. The molecule has 21 heavy (non-hydrogen) atoms. The van der Waals surface area contributed by atoms with E-state index >= 15 is 0 Å². The molecule has 0 fully saturated rings. The van der Waals surface area contributed by atoms with Gasteiger partial charge >= 0.3 is 5.69 Å². The normalized spacial score (nSPS) is 16.5. The molecule has 2 aromatic rings. The Hall–Kier alpha value is -1.53. The lowest BCUT2D eigenvalue weighted by atomic mass is 10.0. The number of hydrogen-bond acceptors (Lipinski definition) is 4. The Labute approximate surface area is 134 Å². The number of hydrogen-bond donors (Lipinski definition) is 0. The van der Waals surface area contributed by atoms with E-state index in [-0.39, 0.29) is 11.6 Å². The lowest BCUT2D eigenvalue weighted by Gasteiger charge is -2.12. The van der Waals surface area contributed by atoms with Crippen LogP contribution in [0.25, 0.3) is 0 Å². The summed E-state index contributed by atoms with van der Waals surface area (Å²) in [7, 11) is 0. The van der Waals surface area contributed by atoms with Gasteiger partial charge in [-0.25, -0.2) is 0 Å². The highest BCUT2D eigenvalue weighted by molar-refractivity contribution is 9.10. The molecule has 0 saturated heterocycles. The average molecular weight is 366 g/mol. The van der Waals surface area contributed by atoms with Crippen LogP contribution in [0.2, 0.25) is 0 Å². The third-order valence-electron chi connectivity index (χ3n) is 3.36. The lowest BCUT2D eigenvalue weighted by molar-refractivity contribution is -0.386. The summed E-state index contributed by atoms with van der Waals surface area (Å²) in [6.45, 7) is 0.451. The van der Waals surface area contributed by atoms with Crippen LogP contribution in [0, 0.1) is 10.1 Å². The number of nitro groups is 1. The van der Waals surface area contributed by atoms with Gasteiger partial charge in [-0.05, 0) is 23.8 Å². The van der Waals surface area contributed by atoms with Crippen molar-refractivity contribution in [3.63, 3.8) is 0 Å². The van der Waals surface area contributed by atoms with Gasteiger partial charge in [0.05, 0.1) is 11.5 Å². The Morgan fingerprint density at radius 2 is 2.14 bits per heavy atom. The summed E-state index contributed by atoms with van der Waals surface area (Å²) in [5, 5.41) is 11.1. The Bertz CT molecular complexity index is 692. The number of nitrogens with zero attached hydrogens (tertiary/aromatic N) is 1. The second-order valence-electron chi connectivity index (χ2n) is 4.73. The molecule has 1 heterocycles. The minimum atomic E-state index is -0.419. The van der Waals surface area contributed by atoms with Crippen molar-refractivity contribution in [2.45, 2.75) is 10.8 Å². The molecule has 0 aliphatic carbocycles. The first kappa shape index (κ1) is 14.4. The number of benzene rings is 2. The number of halogens is 1. The Morgan fingerprint density at radius 1 is 1.33 bits per heavy atom. The molecule has 1 unspecified atom stereocenters. The van der Waals surface area contributed by atoms with Crippen molar-refractivity contribution in [1.29, 1.82) is 0 Å². The first-order valence-electron chi connectivity index (χ1n) is 6.43. The zero-order valence-corrected chi connectivity index (χ0v) is 13.4. The summed E-state index contributed by atoms with van der Waals surface area (Å²) in [5.41, 5.74) is 1.26. The van der Waals surface area contributed by atoms with Crippen LogP contribution in [0.3, 0.4) is 0 Å². The second-order valence-corrected chi connectivity index (χ2v) is 6.70. The molecule has 0 aromatic heterocycles. The maximum absolute atomic E-state index is 11.1. The van der Waals surface area contributed by atoms with Crippen LogP contribution in [0.5, 0.6) is 5.75 Å². The van der Waals surface area contributed by atoms with Gasteiger partial charge in [0.2, 0.25) is 0 Å². The number of ether oxygens (including phenoxy) is 1. The number of rotatable bonds is 4. The quantitative estimate of drug-likeness (QED) is 0.585. The average Bonchev–Trinajstić information content (AvgIpc) is 2.89. The number of thioether (sulfide) groups is 1. The largest absolute Gasteiger partial charge is 0.486 e. The van der Waals surface area contributed by atoms with E-state index in [1.165, 1.54) is 16.5 Å². The Balaban J connectivity index is 1.76. The van der Waals surface area contributed by atoms with Gasteiger partial charge in [0.1, 0.15) is 0 Å². The van der Waals surface area contributed by atoms with Crippen molar-refractivity contribution in [2.75, 3.05) is 12.4 Å². The van der Waals surface area contributed by atoms with Crippen LogP contribution in [0.15, 0.2) is 51.8 Å². The molecule has 1 atom stereocenters. The molecule has 3 rings (SSSR count). The van der Waals surface area contributed by atoms with E-state index in [1.54, 1.807) is 23.9 Å². The van der Waals surface area contributed by atoms with Gasteiger partial charge in [0.25, 0.3) is 0 Å². The van der Waals surface area contributed by atoms with Crippen molar-refractivity contribution in [3.05, 3.63) is 62.6 Å². The van der Waals surface area contributed by atoms with Crippen LogP contribution in [0.4, 0.5) is 5.69 Å². The van der Waals surface area contributed by atoms with E-state index in [0.29, 0.717) is 16.8 Å². The highest BCUT2D eigenvalue weighted by Gasteiger charge is 2.24. The first-order valence-corrected chi connectivity index (χ1v) is 8.21. The summed E-state index contributed by atoms with van der Waals surface area (Å²) in [5.74, 6) is 1.54. The number of fused-ring (bicyclic) bond motifs is 1. The van der Waals surface area contributed by atoms with Gasteiger partial charge in [-0.1, -0.05) is 34.1 Å². The highest BCUT2D eigenvalue weighted by atomic mass is 79.9. The van der Waals surface area contributed by atoms with Gasteiger partial charge in [0, 0.05) is 27.1 Å². The fraction of sp³-hybridized carbons (Fsp3) is 0.200. The van der Waals surface area contributed by atoms with Crippen LogP contribution in [-0.4, -0.2) is 17.3 Å². The van der Waals surface area contributed by atoms with Crippen LogP contribution in [0.1, 0.15) is 11.5 Å². The smallest absolute Gasteiger partial charge is 0.312 e. The molecule has 108 valence electrons. The molecule has 6 heteroatoms. The molecule has 0 amide bonds. The van der Waals surface area contributed by atoms with E-state index in [1.807, 2.05) is 12.1 Å². The fourth-order valence-corrected chi connectivity index (χ4v) is 3.89. The predicted octanol–water partition coefficient (Wildman–Crippen LogP) is 4.63. The van der Waals surface area contributed by atoms with Crippen LogP contribution < -0.4 is 4.74 Å². The van der Waals surface area contributed by atoms with Crippen molar-refractivity contribution < 1.29 is 9.66 Å². The molecule has 1 aliphatic heterocycles. The monoisotopic (exact) mass is 365 g/mol. The van der Waals surface area contributed by atoms with Gasteiger partial charge in [-0.15, -0.1) is 11.8 Å². The molecule has 0 radical (unpaired) electrons. The van der Waals surface area contributed by atoms with E-state index < -0.39 is 4.92 Å². The third-order valence-corrected chi connectivity index (χ3v) is 5.10. The zero-order valence-electron chi connectivity index (χ0n) is 11.0. The predicted molar refractivity (Wildman–Crippen MR) is 86.2 cm³/mol. The summed E-state index contributed by atoms with van der Waals surface area (Å²) in [4.78, 5) is 11.9. The van der Waals surface area contributed by atoms with Gasteiger partial charge < -0.3 is 4.74 Å². The van der Waals surface area contributed by atoms with E-state index in [2.05, 4.69) is 28.1 Å². The molecule has 4 nitrogen and oxygen atoms in total. The molecule has 2 aromatic carbocycles. The Morgan fingerprint density at radius 3 is 2.95 bits per heavy atom. The first-order chi connectivity index (χ1) is 10.1. The summed E-state index contributed by atoms with van der Waals surface area (Å²) >= 11 is 5.04. The molecule has 0 saturated carbocycles. The summed E-state index contributed by atoms with van der Waals surface area (Å²) in [6, 6.07) is 13.1. The SMILES string of the molecule is O=[N+]([O-])c1cc(Br)ccc1OCC1CSc2ccccc21. The van der Waals surface area contributed by atoms with E-state index in [9.17, 15) is 10.1 Å². The molecule has 0 bridgehead atoms. The maximum Gasteiger partial charge on any atom is 0.312 e. The minimum absolute atomic E-state index is 0.0108. The van der Waals surface area contributed by atoms with Crippen LogP contribution >= 0.6 is 27.7 Å². The fourth-order valence-electron chi connectivity index (χ4n) is 2.31. The topological polar surface area (TPSA) is 52.4 Å². The number of nitro benzene ring substituents is 1. The van der Waals surface area contributed by atoms with Gasteiger partial charge in [0.15, 0.2) is 5.75 Å². The van der Waals surface area contributed by atoms with Crippen molar-refractivity contribution in [3.8, 4) is 5.75 Å². The standard InChI is InChI=1S/C15H12BrNO3S/c16-11-5-6-14(13(7-11)17(18)19)20-8-10-9-21-15-4-2-1-3-12(10)15/h1-7,10H,8-9H2.